The first kappa shape index (κ1) is 11.5. The molecule has 0 radical (unpaired) electrons. The number of hydrogen-bond acceptors (Lipinski definition) is 3. The minimum Gasteiger partial charge on any atom is -0.369 e. The number of rotatable bonds is 1. The monoisotopic (exact) mass is 241 g/mol. The van der Waals surface area contributed by atoms with E-state index >= 15 is 0 Å². The van der Waals surface area contributed by atoms with Crippen LogP contribution < -0.4 is 10.2 Å². The van der Waals surface area contributed by atoms with E-state index in [2.05, 4.69) is 46.4 Å². The van der Waals surface area contributed by atoms with Crippen LogP contribution in [0.5, 0.6) is 0 Å². The van der Waals surface area contributed by atoms with Gasteiger partial charge in [-0.05, 0) is 32.0 Å². The summed E-state index contributed by atoms with van der Waals surface area (Å²) in [5.41, 5.74) is 1.34. The summed E-state index contributed by atoms with van der Waals surface area (Å²) >= 11 is 0. The molecule has 0 saturated carbocycles. The van der Waals surface area contributed by atoms with E-state index in [4.69, 9.17) is 0 Å². The zero-order valence-corrected chi connectivity index (χ0v) is 10.8. The Hall–Kier alpha value is -1.61. The van der Waals surface area contributed by atoms with Crippen LogP contribution in [-0.2, 0) is 0 Å². The maximum Gasteiger partial charge on any atom is 0.0447 e. The van der Waals surface area contributed by atoms with Crippen LogP contribution in [0.25, 0.3) is 10.8 Å². The van der Waals surface area contributed by atoms with Gasteiger partial charge in [-0.2, -0.15) is 0 Å². The second-order valence-corrected chi connectivity index (χ2v) is 5.03. The summed E-state index contributed by atoms with van der Waals surface area (Å²) < 4.78 is 0. The number of fused-ring (bicyclic) bond motifs is 1. The first-order valence-corrected chi connectivity index (χ1v) is 6.65. The molecule has 0 aliphatic carbocycles. The van der Waals surface area contributed by atoms with Gasteiger partial charge < -0.3 is 10.2 Å². The van der Waals surface area contributed by atoms with Crippen LogP contribution in [-0.4, -0.2) is 30.7 Å². The molecule has 1 unspecified atom stereocenters. The Morgan fingerprint density at radius 1 is 1.33 bits per heavy atom. The molecule has 1 aliphatic rings. The van der Waals surface area contributed by atoms with Crippen molar-refractivity contribution in [3.63, 3.8) is 0 Å². The average Bonchev–Trinajstić information content (AvgIpc) is 2.63. The Morgan fingerprint density at radius 2 is 2.28 bits per heavy atom. The lowest BCUT2D eigenvalue weighted by atomic mass is 10.1. The smallest absolute Gasteiger partial charge is 0.0447 e. The van der Waals surface area contributed by atoms with Crippen LogP contribution in [0.2, 0.25) is 0 Å². The molecule has 18 heavy (non-hydrogen) atoms. The number of anilines is 1. The van der Waals surface area contributed by atoms with Gasteiger partial charge in [-0.3, -0.25) is 4.98 Å². The summed E-state index contributed by atoms with van der Waals surface area (Å²) in [5.74, 6) is 0. The van der Waals surface area contributed by atoms with Crippen LogP contribution in [0.3, 0.4) is 0 Å². The highest BCUT2D eigenvalue weighted by atomic mass is 15.2. The molecule has 2 aromatic rings. The molecule has 1 aromatic carbocycles. The van der Waals surface area contributed by atoms with Crippen molar-refractivity contribution >= 4 is 16.5 Å². The molecule has 1 atom stereocenters. The fraction of sp³-hybridized carbons (Fsp3) is 0.400. The summed E-state index contributed by atoms with van der Waals surface area (Å²) in [6, 6.07) is 9.14. The van der Waals surface area contributed by atoms with Gasteiger partial charge in [0.1, 0.15) is 0 Å². The van der Waals surface area contributed by atoms with Crippen molar-refractivity contribution in [2.75, 3.05) is 24.5 Å². The van der Waals surface area contributed by atoms with Gasteiger partial charge in [-0.1, -0.05) is 12.1 Å². The first-order valence-electron chi connectivity index (χ1n) is 6.65. The molecule has 3 rings (SSSR count). The summed E-state index contributed by atoms with van der Waals surface area (Å²) in [6.45, 7) is 5.56. The van der Waals surface area contributed by atoms with Crippen molar-refractivity contribution in [2.45, 2.75) is 19.4 Å². The van der Waals surface area contributed by atoms with E-state index in [-0.39, 0.29) is 0 Å². The van der Waals surface area contributed by atoms with Crippen LogP contribution in [0, 0.1) is 0 Å². The molecule has 3 heteroatoms. The third-order valence-corrected chi connectivity index (χ3v) is 3.59. The maximum absolute atomic E-state index is 4.20. The molecule has 0 bridgehead atoms. The second kappa shape index (κ2) is 4.94. The topological polar surface area (TPSA) is 28.2 Å². The Kier molecular flexibility index (Phi) is 3.15. The Balaban J connectivity index is 2.02. The molecule has 0 spiro atoms. The van der Waals surface area contributed by atoms with Gasteiger partial charge in [0, 0.05) is 48.0 Å². The third-order valence-electron chi connectivity index (χ3n) is 3.59. The van der Waals surface area contributed by atoms with Gasteiger partial charge in [0.25, 0.3) is 0 Å². The van der Waals surface area contributed by atoms with Gasteiger partial charge in [0.15, 0.2) is 0 Å². The summed E-state index contributed by atoms with van der Waals surface area (Å²) in [6.07, 6.45) is 5.02. The molecule has 94 valence electrons. The van der Waals surface area contributed by atoms with Crippen LogP contribution in [0.1, 0.15) is 13.3 Å². The van der Waals surface area contributed by atoms with E-state index < -0.39 is 0 Å². The van der Waals surface area contributed by atoms with Crippen LogP contribution in [0.15, 0.2) is 36.7 Å². The molecule has 1 saturated heterocycles. The summed E-state index contributed by atoms with van der Waals surface area (Å²) in [7, 11) is 0. The Bertz CT molecular complexity index is 533. The molecule has 1 fully saturated rings. The lowest BCUT2D eigenvalue weighted by molar-refractivity contribution is 0.585. The van der Waals surface area contributed by atoms with E-state index in [1.807, 2.05) is 12.4 Å². The number of aromatic nitrogens is 1. The van der Waals surface area contributed by atoms with Crippen LogP contribution in [0.4, 0.5) is 5.69 Å². The molecule has 1 aliphatic heterocycles. The number of nitrogens with one attached hydrogen (secondary N) is 1. The molecule has 2 heterocycles. The number of benzene rings is 1. The second-order valence-electron chi connectivity index (χ2n) is 5.03. The zero-order valence-electron chi connectivity index (χ0n) is 10.8. The van der Waals surface area contributed by atoms with Crippen molar-refractivity contribution in [1.29, 1.82) is 0 Å². The SMILES string of the molecule is CC1CN(c2cccc3cnccc23)CCCN1. The molecular formula is C15H19N3. The third kappa shape index (κ3) is 2.18. The average molecular weight is 241 g/mol. The largest absolute Gasteiger partial charge is 0.369 e. The molecule has 3 nitrogen and oxygen atoms in total. The van der Waals surface area contributed by atoms with Gasteiger partial charge >= 0.3 is 0 Å². The minimum absolute atomic E-state index is 0.546. The van der Waals surface area contributed by atoms with E-state index in [9.17, 15) is 0 Å². The zero-order chi connectivity index (χ0) is 12.4. The van der Waals surface area contributed by atoms with Gasteiger partial charge in [0.05, 0.1) is 0 Å². The van der Waals surface area contributed by atoms with Crippen LogP contribution >= 0.6 is 0 Å². The Labute approximate surface area is 108 Å². The highest BCUT2D eigenvalue weighted by Crippen LogP contribution is 2.26. The molecule has 1 N–H and O–H groups in total. The number of hydrogen-bond donors (Lipinski definition) is 1. The minimum atomic E-state index is 0.546. The standard InChI is InChI=1S/C15H19N3/c1-12-11-18(9-3-7-17-12)15-5-2-4-13-10-16-8-6-14(13)15/h2,4-6,8,10,12,17H,3,7,9,11H2,1H3. The molecular weight excluding hydrogens is 222 g/mol. The van der Waals surface area contributed by atoms with Gasteiger partial charge in [-0.25, -0.2) is 0 Å². The normalized spacial score (nSPS) is 20.9. The van der Waals surface area contributed by atoms with Crippen molar-refractivity contribution in [2.24, 2.45) is 0 Å². The van der Waals surface area contributed by atoms with Gasteiger partial charge in [-0.15, -0.1) is 0 Å². The Morgan fingerprint density at radius 3 is 3.22 bits per heavy atom. The quantitative estimate of drug-likeness (QED) is 0.831. The predicted molar refractivity (Wildman–Crippen MR) is 76.0 cm³/mol. The fourth-order valence-corrected chi connectivity index (χ4v) is 2.70. The van der Waals surface area contributed by atoms with E-state index in [0.717, 1.165) is 19.6 Å². The summed E-state index contributed by atoms with van der Waals surface area (Å²) in [4.78, 5) is 6.69. The van der Waals surface area contributed by atoms with Gasteiger partial charge in [0.2, 0.25) is 0 Å². The number of nitrogens with zero attached hydrogens (tertiary/aromatic N) is 2. The first-order chi connectivity index (χ1) is 8.84. The van der Waals surface area contributed by atoms with E-state index in [1.54, 1.807) is 0 Å². The van der Waals surface area contributed by atoms with Crippen molar-refractivity contribution < 1.29 is 0 Å². The van der Waals surface area contributed by atoms with E-state index in [1.165, 1.54) is 22.9 Å². The predicted octanol–water partition coefficient (Wildman–Crippen LogP) is 2.42. The highest BCUT2D eigenvalue weighted by Gasteiger charge is 2.15. The lowest BCUT2D eigenvalue weighted by Gasteiger charge is -2.26. The van der Waals surface area contributed by atoms with Crippen molar-refractivity contribution in [3.05, 3.63) is 36.7 Å². The highest BCUT2D eigenvalue weighted by molar-refractivity contribution is 5.93. The molecule has 0 amide bonds. The fourth-order valence-electron chi connectivity index (χ4n) is 2.70. The summed E-state index contributed by atoms with van der Waals surface area (Å²) in [5, 5.41) is 6.07. The maximum atomic E-state index is 4.20. The van der Waals surface area contributed by atoms with E-state index in [0.29, 0.717) is 6.04 Å². The number of pyridine rings is 1. The van der Waals surface area contributed by atoms with Crippen molar-refractivity contribution in [3.8, 4) is 0 Å². The lowest BCUT2D eigenvalue weighted by Crippen LogP contribution is -2.35. The molecule has 1 aromatic heterocycles. The van der Waals surface area contributed by atoms with Crippen molar-refractivity contribution in [1.82, 2.24) is 10.3 Å².